The van der Waals surface area contributed by atoms with E-state index in [1.807, 2.05) is 0 Å². The van der Waals surface area contributed by atoms with Gasteiger partial charge in [-0.15, -0.1) is 0 Å². The van der Waals surface area contributed by atoms with Crippen LogP contribution in [-0.2, 0) is 9.47 Å². The van der Waals surface area contributed by atoms with E-state index in [0.29, 0.717) is 6.42 Å². The van der Waals surface area contributed by atoms with E-state index in [4.69, 9.17) is 9.47 Å². The fraction of sp³-hybridized carbons (Fsp3) is 1.00. The Balaban J connectivity index is 1.71. The highest BCUT2D eigenvalue weighted by atomic mass is 19.4. The minimum Gasteiger partial charge on any atom is -0.353 e. The molecule has 1 aliphatic rings. The van der Waals surface area contributed by atoms with Gasteiger partial charge in [0.2, 0.25) is 0 Å². The molecule has 0 amide bonds. The quantitative estimate of drug-likeness (QED) is 0.130. The summed E-state index contributed by atoms with van der Waals surface area (Å²) in [4.78, 5) is 0. The summed E-state index contributed by atoms with van der Waals surface area (Å²) in [5.41, 5.74) is 0. The molecule has 0 N–H and O–H groups in total. The van der Waals surface area contributed by atoms with Gasteiger partial charge in [0.1, 0.15) is 0 Å². The van der Waals surface area contributed by atoms with Gasteiger partial charge < -0.3 is 9.47 Å². The van der Waals surface area contributed by atoms with Crippen LogP contribution in [-0.4, -0.2) is 31.6 Å². The molecule has 0 radical (unpaired) electrons. The third kappa shape index (κ3) is 15.4. The molecular formula is C25H45F5O2. The van der Waals surface area contributed by atoms with Crippen molar-refractivity contribution in [3.05, 3.63) is 0 Å². The van der Waals surface area contributed by atoms with Crippen LogP contribution < -0.4 is 0 Å². The van der Waals surface area contributed by atoms with E-state index in [1.165, 1.54) is 64.2 Å². The van der Waals surface area contributed by atoms with Gasteiger partial charge in [-0.3, -0.25) is 0 Å². The molecule has 0 aliphatic carbocycles. The van der Waals surface area contributed by atoms with Crippen LogP contribution in [0.25, 0.3) is 0 Å². The number of halogens is 5. The van der Waals surface area contributed by atoms with Gasteiger partial charge in [0.15, 0.2) is 6.29 Å². The minimum absolute atomic E-state index is 0.0382. The Hall–Kier alpha value is -0.430. The molecule has 0 aromatic heterocycles. The first-order valence-corrected chi connectivity index (χ1v) is 13.0. The summed E-state index contributed by atoms with van der Waals surface area (Å²) in [7, 11) is 0. The number of hydrogen-bond acceptors (Lipinski definition) is 2. The van der Waals surface area contributed by atoms with Crippen molar-refractivity contribution in [2.75, 3.05) is 13.2 Å². The summed E-state index contributed by atoms with van der Waals surface area (Å²) in [5, 5.41) is 0. The molecule has 1 aliphatic heterocycles. The third-order valence-corrected chi connectivity index (χ3v) is 6.24. The Labute approximate surface area is 192 Å². The molecule has 0 saturated carbocycles. The molecule has 0 bridgehead atoms. The van der Waals surface area contributed by atoms with Crippen molar-refractivity contribution in [3.8, 4) is 0 Å². The Morgan fingerprint density at radius 1 is 0.594 bits per heavy atom. The number of ether oxygens (including phenoxy) is 2. The van der Waals surface area contributed by atoms with Crippen LogP contribution in [0.3, 0.4) is 0 Å². The van der Waals surface area contributed by atoms with Gasteiger partial charge >= 0.3 is 12.1 Å². The van der Waals surface area contributed by atoms with E-state index in [2.05, 4.69) is 0 Å². The third-order valence-electron chi connectivity index (χ3n) is 6.24. The van der Waals surface area contributed by atoms with Crippen molar-refractivity contribution in [2.24, 2.45) is 0 Å². The van der Waals surface area contributed by atoms with Crippen molar-refractivity contribution >= 4 is 0 Å². The molecule has 1 rings (SSSR count). The second-order valence-electron chi connectivity index (χ2n) is 9.28. The lowest BCUT2D eigenvalue weighted by Gasteiger charge is -2.22. The summed E-state index contributed by atoms with van der Waals surface area (Å²) >= 11 is 0. The summed E-state index contributed by atoms with van der Waals surface area (Å²) in [5.74, 6) is -4.54. The zero-order valence-electron chi connectivity index (χ0n) is 19.8. The molecule has 2 nitrogen and oxygen atoms in total. The Bertz CT molecular complexity index is 423. The smallest absolute Gasteiger partial charge is 0.353 e. The average Bonchev–Trinajstić information content (AvgIpc) is 2.75. The van der Waals surface area contributed by atoms with Crippen LogP contribution in [0.1, 0.15) is 128 Å². The van der Waals surface area contributed by atoms with Crippen LogP contribution in [0.2, 0.25) is 0 Å². The standard InChI is InChI=1S/C25H45F5O2/c26-24(27,25(28,29)30)20-16-13-11-9-7-5-3-1-2-4-6-8-10-12-14-17-21-31-23-19-15-18-22-32-23/h23H,1-22H2. The van der Waals surface area contributed by atoms with Crippen molar-refractivity contribution in [3.63, 3.8) is 0 Å². The minimum atomic E-state index is -5.41. The molecule has 1 unspecified atom stereocenters. The highest BCUT2D eigenvalue weighted by molar-refractivity contribution is 4.75. The van der Waals surface area contributed by atoms with Crippen LogP contribution >= 0.6 is 0 Å². The van der Waals surface area contributed by atoms with Crippen LogP contribution in [0.15, 0.2) is 0 Å². The van der Waals surface area contributed by atoms with Gasteiger partial charge in [-0.05, 0) is 32.1 Å². The molecule has 0 aromatic rings. The van der Waals surface area contributed by atoms with Crippen LogP contribution in [0.5, 0.6) is 0 Å². The zero-order valence-corrected chi connectivity index (χ0v) is 19.8. The maximum Gasteiger partial charge on any atom is 0.453 e. The molecule has 1 heterocycles. The van der Waals surface area contributed by atoms with Crippen molar-refractivity contribution in [2.45, 2.75) is 147 Å². The fourth-order valence-corrected chi connectivity index (χ4v) is 4.12. The molecule has 32 heavy (non-hydrogen) atoms. The van der Waals surface area contributed by atoms with Gasteiger partial charge in [-0.2, -0.15) is 22.0 Å². The normalized spacial score (nSPS) is 17.7. The van der Waals surface area contributed by atoms with Gasteiger partial charge in [0, 0.05) is 19.6 Å². The van der Waals surface area contributed by atoms with Gasteiger partial charge in [0.05, 0.1) is 0 Å². The molecule has 192 valence electrons. The first-order chi connectivity index (χ1) is 15.3. The highest BCUT2D eigenvalue weighted by Crippen LogP contribution is 2.39. The zero-order chi connectivity index (χ0) is 23.5. The second-order valence-corrected chi connectivity index (χ2v) is 9.28. The molecule has 0 aromatic carbocycles. The van der Waals surface area contributed by atoms with Gasteiger partial charge in [-0.1, -0.05) is 89.9 Å². The Kier molecular flexibility index (Phi) is 16.6. The summed E-state index contributed by atoms with van der Waals surface area (Å²) in [6, 6.07) is 0. The van der Waals surface area contributed by atoms with Crippen molar-refractivity contribution in [1.82, 2.24) is 0 Å². The maximum atomic E-state index is 12.8. The van der Waals surface area contributed by atoms with Crippen LogP contribution in [0.4, 0.5) is 22.0 Å². The number of hydrogen-bond donors (Lipinski definition) is 0. The van der Waals surface area contributed by atoms with Gasteiger partial charge in [0.25, 0.3) is 0 Å². The molecule has 1 atom stereocenters. The average molecular weight is 473 g/mol. The second kappa shape index (κ2) is 18.0. The lowest BCUT2D eigenvalue weighted by Crippen LogP contribution is -2.36. The van der Waals surface area contributed by atoms with Crippen molar-refractivity contribution < 1.29 is 31.4 Å². The van der Waals surface area contributed by atoms with E-state index >= 15 is 0 Å². The largest absolute Gasteiger partial charge is 0.453 e. The van der Waals surface area contributed by atoms with Crippen molar-refractivity contribution in [1.29, 1.82) is 0 Å². The molecule has 0 spiro atoms. The highest BCUT2D eigenvalue weighted by Gasteiger charge is 2.56. The van der Waals surface area contributed by atoms with E-state index in [9.17, 15) is 22.0 Å². The topological polar surface area (TPSA) is 18.5 Å². The monoisotopic (exact) mass is 472 g/mol. The molecule has 1 saturated heterocycles. The van der Waals surface area contributed by atoms with E-state index < -0.39 is 18.5 Å². The lowest BCUT2D eigenvalue weighted by molar-refractivity contribution is -0.284. The first-order valence-electron chi connectivity index (χ1n) is 13.0. The molecule has 7 heteroatoms. The SMILES string of the molecule is FC(F)(F)C(F)(F)CCCCCCCCCCCCCCCCCCOC1CCCCO1. The Morgan fingerprint density at radius 3 is 1.44 bits per heavy atom. The number of unbranched alkanes of at least 4 members (excludes halogenated alkanes) is 15. The summed E-state index contributed by atoms with van der Waals surface area (Å²) in [6.07, 6.45) is 13.7. The number of alkyl halides is 5. The van der Waals surface area contributed by atoms with Crippen LogP contribution in [0, 0.1) is 0 Å². The summed E-state index contributed by atoms with van der Waals surface area (Å²) < 4.78 is 73.0. The fourth-order valence-electron chi connectivity index (χ4n) is 4.12. The summed E-state index contributed by atoms with van der Waals surface area (Å²) in [6.45, 7) is 1.66. The lowest BCUT2D eigenvalue weighted by atomic mass is 10.0. The first kappa shape index (κ1) is 29.6. The van der Waals surface area contributed by atoms with E-state index in [0.717, 1.165) is 58.2 Å². The maximum absolute atomic E-state index is 12.8. The Morgan fingerprint density at radius 2 is 1.03 bits per heavy atom. The van der Waals surface area contributed by atoms with E-state index in [1.54, 1.807) is 0 Å². The van der Waals surface area contributed by atoms with Gasteiger partial charge in [-0.25, -0.2) is 0 Å². The predicted octanol–water partition coefficient (Wildman–Crippen LogP) is 9.36. The number of rotatable bonds is 20. The molecule has 1 fully saturated rings. The molecular weight excluding hydrogens is 427 g/mol. The predicted molar refractivity (Wildman–Crippen MR) is 119 cm³/mol. The van der Waals surface area contributed by atoms with E-state index in [-0.39, 0.29) is 12.7 Å².